The highest BCUT2D eigenvalue weighted by Gasteiger charge is 2.36. The Bertz CT molecular complexity index is 372. The van der Waals surface area contributed by atoms with Crippen molar-refractivity contribution in [1.29, 1.82) is 0 Å². The third-order valence-electron chi connectivity index (χ3n) is 3.71. The van der Waals surface area contributed by atoms with Gasteiger partial charge in [-0.15, -0.1) is 0 Å². The molecule has 0 bridgehead atoms. The minimum atomic E-state index is -0.919. The van der Waals surface area contributed by atoms with E-state index in [0.29, 0.717) is 24.3 Å². The molecule has 1 unspecified atom stereocenters. The Labute approximate surface area is 107 Å². The van der Waals surface area contributed by atoms with Gasteiger partial charge in [0.15, 0.2) is 0 Å². The van der Waals surface area contributed by atoms with Crippen LogP contribution in [0.1, 0.15) is 37.7 Å². The van der Waals surface area contributed by atoms with Crippen molar-refractivity contribution in [3.8, 4) is 0 Å². The van der Waals surface area contributed by atoms with E-state index in [9.17, 15) is 10.2 Å². The quantitative estimate of drug-likeness (QED) is 0.871. The van der Waals surface area contributed by atoms with Crippen molar-refractivity contribution in [3.05, 3.63) is 34.9 Å². The van der Waals surface area contributed by atoms with E-state index in [0.717, 1.165) is 24.8 Å². The van der Waals surface area contributed by atoms with Gasteiger partial charge in [-0.1, -0.05) is 49.1 Å². The van der Waals surface area contributed by atoms with Crippen molar-refractivity contribution >= 4 is 11.6 Å². The highest BCUT2D eigenvalue weighted by Crippen LogP contribution is 2.33. The molecule has 0 amide bonds. The molecule has 0 aliphatic heterocycles. The van der Waals surface area contributed by atoms with Crippen LogP contribution in [-0.2, 0) is 6.42 Å². The van der Waals surface area contributed by atoms with Crippen LogP contribution in [0.5, 0.6) is 0 Å². The van der Waals surface area contributed by atoms with Crippen LogP contribution < -0.4 is 0 Å². The van der Waals surface area contributed by atoms with Crippen LogP contribution in [0.2, 0.25) is 5.02 Å². The second-order valence-corrected chi connectivity index (χ2v) is 5.38. The third-order valence-corrected chi connectivity index (χ3v) is 4.08. The first-order valence-corrected chi connectivity index (χ1v) is 6.63. The van der Waals surface area contributed by atoms with Gasteiger partial charge in [0.05, 0.1) is 11.7 Å². The number of halogens is 1. The van der Waals surface area contributed by atoms with Gasteiger partial charge >= 0.3 is 0 Å². The summed E-state index contributed by atoms with van der Waals surface area (Å²) in [4.78, 5) is 0. The van der Waals surface area contributed by atoms with Crippen molar-refractivity contribution < 1.29 is 10.2 Å². The van der Waals surface area contributed by atoms with Crippen LogP contribution in [-0.4, -0.2) is 21.9 Å². The molecule has 1 aromatic rings. The van der Waals surface area contributed by atoms with Crippen molar-refractivity contribution in [2.45, 2.75) is 50.2 Å². The van der Waals surface area contributed by atoms with Gasteiger partial charge in [0, 0.05) is 11.4 Å². The normalized spacial score (nSPS) is 21.1. The van der Waals surface area contributed by atoms with Crippen LogP contribution >= 0.6 is 11.6 Å². The number of aliphatic hydroxyl groups excluding tert-OH is 1. The van der Waals surface area contributed by atoms with Crippen molar-refractivity contribution in [2.24, 2.45) is 0 Å². The second-order valence-electron chi connectivity index (χ2n) is 4.98. The van der Waals surface area contributed by atoms with Gasteiger partial charge in [0.1, 0.15) is 0 Å². The van der Waals surface area contributed by atoms with E-state index in [4.69, 9.17) is 11.6 Å². The maximum Gasteiger partial charge on any atom is 0.0908 e. The summed E-state index contributed by atoms with van der Waals surface area (Å²) in [6.07, 6.45) is 4.24. The topological polar surface area (TPSA) is 40.5 Å². The van der Waals surface area contributed by atoms with Gasteiger partial charge in [-0.2, -0.15) is 0 Å². The lowest BCUT2D eigenvalue weighted by atomic mass is 9.79. The minimum absolute atomic E-state index is 0.427. The van der Waals surface area contributed by atoms with E-state index < -0.39 is 11.7 Å². The monoisotopic (exact) mass is 254 g/mol. The van der Waals surface area contributed by atoms with E-state index in [2.05, 4.69) is 0 Å². The molecule has 1 aromatic carbocycles. The van der Waals surface area contributed by atoms with E-state index in [-0.39, 0.29) is 0 Å². The zero-order valence-electron chi connectivity index (χ0n) is 9.90. The largest absolute Gasteiger partial charge is 0.390 e. The van der Waals surface area contributed by atoms with Gasteiger partial charge in [0.25, 0.3) is 0 Å². The van der Waals surface area contributed by atoms with E-state index in [1.165, 1.54) is 0 Å². The lowest BCUT2D eigenvalue weighted by molar-refractivity contribution is -0.0960. The summed E-state index contributed by atoms with van der Waals surface area (Å²) in [5.41, 5.74) is -0.0158. The summed E-state index contributed by atoms with van der Waals surface area (Å²) in [5, 5.41) is 21.3. The molecule has 1 aliphatic rings. The average molecular weight is 255 g/mol. The van der Waals surface area contributed by atoms with E-state index in [1.54, 1.807) is 0 Å². The SMILES string of the molecule is OC(Cc1ccccc1Cl)C1(O)CCCCC1. The molecule has 0 heterocycles. The molecular formula is C14H19ClO2. The summed E-state index contributed by atoms with van der Waals surface area (Å²) in [5.74, 6) is 0. The Hall–Kier alpha value is -0.570. The highest BCUT2D eigenvalue weighted by molar-refractivity contribution is 6.31. The van der Waals surface area contributed by atoms with Crippen LogP contribution in [0.3, 0.4) is 0 Å². The molecule has 1 saturated carbocycles. The van der Waals surface area contributed by atoms with Crippen LogP contribution in [0.25, 0.3) is 0 Å². The fourth-order valence-corrected chi connectivity index (χ4v) is 2.77. The van der Waals surface area contributed by atoms with Gasteiger partial charge < -0.3 is 10.2 Å². The molecule has 17 heavy (non-hydrogen) atoms. The van der Waals surface area contributed by atoms with Crippen molar-refractivity contribution in [2.75, 3.05) is 0 Å². The Morgan fingerprint density at radius 3 is 2.47 bits per heavy atom. The van der Waals surface area contributed by atoms with Crippen LogP contribution in [0.15, 0.2) is 24.3 Å². The molecule has 0 aromatic heterocycles. The molecule has 94 valence electrons. The second kappa shape index (κ2) is 5.38. The predicted octanol–water partition coefficient (Wildman–Crippen LogP) is 2.94. The number of hydrogen-bond acceptors (Lipinski definition) is 2. The molecule has 1 atom stereocenters. The Balaban J connectivity index is 2.05. The zero-order chi connectivity index (χ0) is 12.3. The number of hydrogen-bond donors (Lipinski definition) is 2. The lowest BCUT2D eigenvalue weighted by Gasteiger charge is -2.36. The van der Waals surface area contributed by atoms with Gasteiger partial charge in [0.2, 0.25) is 0 Å². The van der Waals surface area contributed by atoms with Crippen molar-refractivity contribution in [3.63, 3.8) is 0 Å². The fourth-order valence-electron chi connectivity index (χ4n) is 2.56. The maximum atomic E-state index is 10.4. The zero-order valence-corrected chi connectivity index (χ0v) is 10.7. The summed E-state index contributed by atoms with van der Waals surface area (Å²) in [6, 6.07) is 7.48. The van der Waals surface area contributed by atoms with E-state index in [1.807, 2.05) is 24.3 Å². The molecule has 0 saturated heterocycles. The predicted molar refractivity (Wildman–Crippen MR) is 69.2 cm³/mol. The molecule has 1 fully saturated rings. The smallest absolute Gasteiger partial charge is 0.0908 e. The molecular weight excluding hydrogens is 236 g/mol. The maximum absolute atomic E-state index is 10.4. The molecule has 0 spiro atoms. The van der Waals surface area contributed by atoms with Gasteiger partial charge in [-0.3, -0.25) is 0 Å². The number of aliphatic hydroxyl groups is 2. The first kappa shape index (κ1) is 12.9. The van der Waals surface area contributed by atoms with Crippen molar-refractivity contribution in [1.82, 2.24) is 0 Å². The first-order valence-electron chi connectivity index (χ1n) is 6.26. The molecule has 0 radical (unpaired) electrons. The number of benzene rings is 1. The Kier molecular flexibility index (Phi) is 4.08. The fraction of sp³-hybridized carbons (Fsp3) is 0.571. The molecule has 1 aliphatic carbocycles. The van der Waals surface area contributed by atoms with Crippen LogP contribution in [0, 0.1) is 0 Å². The summed E-state index contributed by atoms with van der Waals surface area (Å²) < 4.78 is 0. The summed E-state index contributed by atoms with van der Waals surface area (Å²) >= 11 is 6.06. The van der Waals surface area contributed by atoms with Gasteiger partial charge in [-0.05, 0) is 24.5 Å². The lowest BCUT2D eigenvalue weighted by Crippen LogP contribution is -2.45. The average Bonchev–Trinajstić information content (AvgIpc) is 2.33. The number of rotatable bonds is 3. The Morgan fingerprint density at radius 2 is 1.82 bits per heavy atom. The van der Waals surface area contributed by atoms with Gasteiger partial charge in [-0.25, -0.2) is 0 Å². The molecule has 2 N–H and O–H groups in total. The highest BCUT2D eigenvalue weighted by atomic mass is 35.5. The standard InChI is InChI=1S/C14H19ClO2/c15-12-7-3-2-6-11(12)10-13(16)14(17)8-4-1-5-9-14/h2-3,6-7,13,16-17H,1,4-5,8-10H2. The summed E-state index contributed by atoms with van der Waals surface area (Å²) in [7, 11) is 0. The molecule has 3 heteroatoms. The van der Waals surface area contributed by atoms with E-state index >= 15 is 0 Å². The Morgan fingerprint density at radius 1 is 1.18 bits per heavy atom. The molecule has 2 rings (SSSR count). The first-order chi connectivity index (χ1) is 8.12. The minimum Gasteiger partial charge on any atom is -0.390 e. The van der Waals surface area contributed by atoms with Crippen LogP contribution in [0.4, 0.5) is 0 Å². The third kappa shape index (κ3) is 3.01. The molecule has 2 nitrogen and oxygen atoms in total. The summed E-state index contributed by atoms with van der Waals surface area (Å²) in [6.45, 7) is 0.